The lowest BCUT2D eigenvalue weighted by Crippen LogP contribution is -2.62. The molecule has 2 aliphatic rings. The van der Waals surface area contributed by atoms with Crippen LogP contribution in [0.25, 0.3) is 0 Å². The summed E-state index contributed by atoms with van der Waals surface area (Å²) >= 11 is 6.02. The standard InChI is InChI=1S/C15H20ClN3O/c1-14(2,3)13(20)15-6-4-5-9(17-15)7-11-10(15)8-12(16)19-18-11/h8-9,17H,4-7H2,1-3H3. The van der Waals surface area contributed by atoms with Crippen LogP contribution < -0.4 is 5.32 Å². The van der Waals surface area contributed by atoms with E-state index >= 15 is 0 Å². The molecular formula is C15H20ClN3O. The predicted octanol–water partition coefficient (Wildman–Crippen LogP) is 2.64. The van der Waals surface area contributed by atoms with Gasteiger partial charge in [-0.1, -0.05) is 32.4 Å². The number of nitrogens with one attached hydrogen (secondary N) is 1. The number of aromatic nitrogens is 2. The van der Waals surface area contributed by atoms with Crippen molar-refractivity contribution in [2.24, 2.45) is 5.41 Å². The number of Topliss-reactive ketones (excluding diaryl/α,β-unsaturated/α-hetero) is 1. The van der Waals surface area contributed by atoms with Gasteiger partial charge in [-0.15, -0.1) is 5.10 Å². The Morgan fingerprint density at radius 3 is 2.90 bits per heavy atom. The molecule has 0 saturated carbocycles. The van der Waals surface area contributed by atoms with Gasteiger partial charge in [-0.25, -0.2) is 0 Å². The zero-order chi connectivity index (χ0) is 14.5. The third kappa shape index (κ3) is 2.06. The Hall–Kier alpha value is -1.00. The summed E-state index contributed by atoms with van der Waals surface area (Å²) in [5.74, 6) is 0.222. The van der Waals surface area contributed by atoms with Crippen molar-refractivity contribution < 1.29 is 4.79 Å². The van der Waals surface area contributed by atoms with E-state index in [1.165, 1.54) is 0 Å². The Kier molecular flexibility index (Phi) is 3.14. The van der Waals surface area contributed by atoms with Gasteiger partial charge in [-0.3, -0.25) is 10.1 Å². The molecule has 20 heavy (non-hydrogen) atoms. The van der Waals surface area contributed by atoms with Gasteiger partial charge in [0.05, 0.1) is 5.69 Å². The van der Waals surface area contributed by atoms with Gasteiger partial charge in [-0.2, -0.15) is 5.10 Å². The van der Waals surface area contributed by atoms with Crippen molar-refractivity contribution in [2.45, 2.75) is 58.0 Å². The smallest absolute Gasteiger partial charge is 0.162 e. The number of hydrogen-bond acceptors (Lipinski definition) is 4. The quantitative estimate of drug-likeness (QED) is 0.865. The fraction of sp³-hybridized carbons (Fsp3) is 0.667. The molecule has 0 aliphatic carbocycles. The Morgan fingerprint density at radius 1 is 1.45 bits per heavy atom. The Labute approximate surface area is 124 Å². The lowest BCUT2D eigenvalue weighted by atomic mass is 9.66. The summed E-state index contributed by atoms with van der Waals surface area (Å²) in [6, 6.07) is 2.14. The van der Waals surface area contributed by atoms with E-state index in [0.717, 1.165) is 36.9 Å². The fourth-order valence-electron chi connectivity index (χ4n) is 3.56. The zero-order valence-corrected chi connectivity index (χ0v) is 12.9. The number of hydrogen-bond donors (Lipinski definition) is 1. The molecule has 1 saturated heterocycles. The van der Waals surface area contributed by atoms with Crippen molar-refractivity contribution >= 4 is 17.4 Å². The van der Waals surface area contributed by atoms with Crippen LogP contribution in [0, 0.1) is 5.41 Å². The highest BCUT2D eigenvalue weighted by Crippen LogP contribution is 2.43. The molecule has 0 aromatic carbocycles. The number of nitrogens with zero attached hydrogens (tertiary/aromatic N) is 2. The average Bonchev–Trinajstić information content (AvgIpc) is 2.38. The van der Waals surface area contributed by atoms with Crippen LogP contribution in [0.2, 0.25) is 5.15 Å². The predicted molar refractivity (Wildman–Crippen MR) is 77.7 cm³/mol. The summed E-state index contributed by atoms with van der Waals surface area (Å²) in [6.07, 6.45) is 3.79. The van der Waals surface area contributed by atoms with Gasteiger partial charge in [0.2, 0.25) is 0 Å². The first-order valence-electron chi connectivity index (χ1n) is 7.18. The van der Waals surface area contributed by atoms with E-state index in [1.54, 1.807) is 0 Å². The van der Waals surface area contributed by atoms with Crippen LogP contribution in [0.3, 0.4) is 0 Å². The molecule has 3 rings (SSSR count). The maximum atomic E-state index is 13.1. The summed E-state index contributed by atoms with van der Waals surface area (Å²) in [6.45, 7) is 5.92. The minimum atomic E-state index is -0.631. The van der Waals surface area contributed by atoms with Crippen molar-refractivity contribution in [3.63, 3.8) is 0 Å². The van der Waals surface area contributed by atoms with Crippen LogP contribution in [-0.2, 0) is 16.8 Å². The average molecular weight is 294 g/mol. The Balaban J connectivity index is 2.18. The first-order chi connectivity index (χ1) is 9.33. The first kappa shape index (κ1) is 14.0. The van der Waals surface area contributed by atoms with Crippen LogP contribution in [0.1, 0.15) is 51.3 Å². The fourth-order valence-corrected chi connectivity index (χ4v) is 3.71. The van der Waals surface area contributed by atoms with Gasteiger partial charge in [0.25, 0.3) is 0 Å². The molecule has 4 nitrogen and oxygen atoms in total. The number of carbonyl (C=O) groups is 1. The second-order valence-electron chi connectivity index (χ2n) is 6.95. The molecule has 1 aromatic rings. The highest BCUT2D eigenvalue weighted by molar-refractivity contribution is 6.29. The molecule has 2 bridgehead atoms. The summed E-state index contributed by atoms with van der Waals surface area (Å²) in [5.41, 5.74) is 0.831. The molecular weight excluding hydrogens is 274 g/mol. The van der Waals surface area contributed by atoms with Crippen molar-refractivity contribution in [3.8, 4) is 0 Å². The van der Waals surface area contributed by atoms with Gasteiger partial charge < -0.3 is 0 Å². The normalized spacial score (nSPS) is 28.9. The second kappa shape index (κ2) is 4.50. The molecule has 0 spiro atoms. The lowest BCUT2D eigenvalue weighted by molar-refractivity contribution is -0.135. The molecule has 0 amide bonds. The molecule has 2 unspecified atom stereocenters. The molecule has 0 radical (unpaired) electrons. The maximum Gasteiger partial charge on any atom is 0.162 e. The number of fused-ring (bicyclic) bond motifs is 4. The van der Waals surface area contributed by atoms with Crippen molar-refractivity contribution in [1.82, 2.24) is 15.5 Å². The topological polar surface area (TPSA) is 54.9 Å². The van der Waals surface area contributed by atoms with Gasteiger partial charge in [0.15, 0.2) is 10.9 Å². The summed E-state index contributed by atoms with van der Waals surface area (Å²) < 4.78 is 0. The second-order valence-corrected chi connectivity index (χ2v) is 7.34. The monoisotopic (exact) mass is 293 g/mol. The molecule has 1 aromatic heterocycles. The molecule has 1 N–H and O–H groups in total. The van der Waals surface area contributed by atoms with Crippen molar-refractivity contribution in [3.05, 3.63) is 22.5 Å². The Morgan fingerprint density at radius 2 is 2.20 bits per heavy atom. The number of rotatable bonds is 1. The van der Waals surface area contributed by atoms with Crippen LogP contribution in [-0.4, -0.2) is 22.0 Å². The number of carbonyl (C=O) groups excluding carboxylic acids is 1. The Bertz CT molecular complexity index is 567. The third-order valence-corrected chi connectivity index (χ3v) is 4.55. The third-order valence-electron chi connectivity index (χ3n) is 4.36. The molecule has 1 fully saturated rings. The molecule has 3 heterocycles. The summed E-state index contributed by atoms with van der Waals surface area (Å²) in [5, 5.41) is 12.1. The molecule has 5 heteroatoms. The number of ketones is 1. The van der Waals surface area contributed by atoms with E-state index in [-0.39, 0.29) is 5.78 Å². The molecule has 108 valence electrons. The summed E-state index contributed by atoms with van der Waals surface area (Å²) in [7, 11) is 0. The van der Waals surface area contributed by atoms with Gasteiger partial charge in [-0.05, 0) is 25.3 Å². The van der Waals surface area contributed by atoms with Crippen molar-refractivity contribution in [2.75, 3.05) is 0 Å². The maximum absolute atomic E-state index is 13.1. The van der Waals surface area contributed by atoms with E-state index in [4.69, 9.17) is 11.6 Å². The number of halogens is 1. The lowest BCUT2D eigenvalue weighted by Gasteiger charge is -2.48. The van der Waals surface area contributed by atoms with E-state index in [1.807, 2.05) is 26.8 Å². The first-order valence-corrected chi connectivity index (χ1v) is 7.56. The van der Waals surface area contributed by atoms with E-state index in [9.17, 15) is 4.79 Å². The van der Waals surface area contributed by atoms with Gasteiger partial charge in [0.1, 0.15) is 5.54 Å². The number of piperidine rings is 1. The van der Waals surface area contributed by atoms with Crippen LogP contribution in [0.4, 0.5) is 0 Å². The van der Waals surface area contributed by atoms with E-state index in [2.05, 4.69) is 15.5 Å². The SMILES string of the molecule is CC(C)(C)C(=O)C12CCCC(Cc3nnc(Cl)cc31)N2. The van der Waals surface area contributed by atoms with Gasteiger partial charge in [0, 0.05) is 23.4 Å². The minimum Gasteiger partial charge on any atom is -0.298 e. The highest BCUT2D eigenvalue weighted by atomic mass is 35.5. The van der Waals surface area contributed by atoms with Crippen LogP contribution in [0.15, 0.2) is 6.07 Å². The minimum absolute atomic E-state index is 0.222. The van der Waals surface area contributed by atoms with E-state index < -0.39 is 11.0 Å². The zero-order valence-electron chi connectivity index (χ0n) is 12.2. The highest BCUT2D eigenvalue weighted by Gasteiger charge is 2.51. The summed E-state index contributed by atoms with van der Waals surface area (Å²) in [4.78, 5) is 13.1. The van der Waals surface area contributed by atoms with Crippen LogP contribution >= 0.6 is 11.6 Å². The van der Waals surface area contributed by atoms with Crippen LogP contribution in [0.5, 0.6) is 0 Å². The molecule has 2 aliphatic heterocycles. The largest absolute Gasteiger partial charge is 0.298 e. The van der Waals surface area contributed by atoms with Gasteiger partial charge >= 0.3 is 0 Å². The van der Waals surface area contributed by atoms with Crippen molar-refractivity contribution in [1.29, 1.82) is 0 Å². The molecule has 2 atom stereocenters. The van der Waals surface area contributed by atoms with E-state index in [0.29, 0.717) is 11.2 Å².